The minimum atomic E-state index is 0.0202. The largest absolute Gasteiger partial charge is 0.529 e. The van der Waals surface area contributed by atoms with Crippen LogP contribution in [-0.2, 0) is 9.22 Å². The summed E-state index contributed by atoms with van der Waals surface area (Å²) in [6, 6.07) is 0. The molecule has 2 saturated carbocycles. The molecule has 0 radical (unpaired) electrons. The highest BCUT2D eigenvalue weighted by atomic mass is 28.2. The molecule has 0 amide bonds. The van der Waals surface area contributed by atoms with Crippen molar-refractivity contribution in [2.45, 2.75) is 77.6 Å². The summed E-state index contributed by atoms with van der Waals surface area (Å²) in [5.74, 6) is 1.86. The van der Waals surface area contributed by atoms with Gasteiger partial charge in [-0.15, -0.1) is 0 Å². The van der Waals surface area contributed by atoms with Gasteiger partial charge < -0.3 is 4.43 Å². The SMILES string of the molecule is CC(CCCC(=O)O[SiH3])(C1CCCC1)C1CCCC1. The lowest BCUT2D eigenvalue weighted by molar-refractivity contribution is -0.134. The third-order valence-electron chi connectivity index (χ3n) is 5.90. The molecule has 2 aliphatic rings. The van der Waals surface area contributed by atoms with Gasteiger partial charge in [-0.2, -0.15) is 0 Å². The average molecular weight is 282 g/mol. The molecule has 2 nitrogen and oxygen atoms in total. The van der Waals surface area contributed by atoms with Crippen LogP contribution < -0.4 is 0 Å². The maximum atomic E-state index is 11.4. The second-order valence-electron chi connectivity index (χ2n) is 6.90. The van der Waals surface area contributed by atoms with Crippen LogP contribution in [-0.4, -0.2) is 16.5 Å². The smallest absolute Gasteiger partial charge is 0.291 e. The second kappa shape index (κ2) is 6.92. The van der Waals surface area contributed by atoms with E-state index in [2.05, 4.69) is 6.92 Å². The summed E-state index contributed by atoms with van der Waals surface area (Å²) in [4.78, 5) is 11.4. The molecule has 19 heavy (non-hydrogen) atoms. The minimum Gasteiger partial charge on any atom is -0.529 e. The molecule has 0 saturated heterocycles. The highest BCUT2D eigenvalue weighted by molar-refractivity contribution is 6.05. The van der Waals surface area contributed by atoms with Crippen LogP contribution in [0.3, 0.4) is 0 Å². The van der Waals surface area contributed by atoms with Crippen molar-refractivity contribution in [1.29, 1.82) is 0 Å². The summed E-state index contributed by atoms with van der Waals surface area (Å²) >= 11 is 0. The van der Waals surface area contributed by atoms with Gasteiger partial charge in [0.2, 0.25) is 10.5 Å². The topological polar surface area (TPSA) is 26.3 Å². The van der Waals surface area contributed by atoms with Crippen LogP contribution in [0.4, 0.5) is 0 Å². The third-order valence-corrected chi connectivity index (χ3v) is 6.35. The lowest BCUT2D eigenvalue weighted by Gasteiger charge is -2.41. The summed E-state index contributed by atoms with van der Waals surface area (Å²) in [5, 5.41) is 0. The van der Waals surface area contributed by atoms with Crippen molar-refractivity contribution in [3.63, 3.8) is 0 Å². The number of carbonyl (C=O) groups is 1. The van der Waals surface area contributed by atoms with Crippen molar-refractivity contribution >= 4 is 16.5 Å². The number of carbonyl (C=O) groups excluding carboxylic acids is 1. The molecule has 0 aromatic heterocycles. The van der Waals surface area contributed by atoms with Gasteiger partial charge in [-0.3, -0.25) is 4.79 Å². The third kappa shape index (κ3) is 3.62. The second-order valence-corrected chi connectivity index (χ2v) is 7.31. The van der Waals surface area contributed by atoms with Gasteiger partial charge in [0.15, 0.2) is 0 Å². The van der Waals surface area contributed by atoms with Gasteiger partial charge >= 0.3 is 0 Å². The van der Waals surface area contributed by atoms with Crippen LogP contribution in [0.5, 0.6) is 0 Å². The molecule has 0 aliphatic heterocycles. The fourth-order valence-corrected chi connectivity index (χ4v) is 4.83. The zero-order chi connectivity index (χ0) is 13.7. The van der Waals surface area contributed by atoms with Gasteiger partial charge in [-0.25, -0.2) is 0 Å². The highest BCUT2D eigenvalue weighted by Gasteiger charge is 2.42. The van der Waals surface area contributed by atoms with E-state index in [9.17, 15) is 4.79 Å². The van der Waals surface area contributed by atoms with E-state index >= 15 is 0 Å². The zero-order valence-electron chi connectivity index (χ0n) is 12.7. The van der Waals surface area contributed by atoms with Gasteiger partial charge in [0.25, 0.3) is 5.97 Å². The van der Waals surface area contributed by atoms with Crippen molar-refractivity contribution in [1.82, 2.24) is 0 Å². The predicted molar refractivity (Wildman–Crippen MR) is 81.9 cm³/mol. The first-order chi connectivity index (χ1) is 9.16. The van der Waals surface area contributed by atoms with Crippen LogP contribution in [0.2, 0.25) is 0 Å². The van der Waals surface area contributed by atoms with E-state index in [0.717, 1.165) is 18.3 Å². The Labute approximate surface area is 121 Å². The minimum absolute atomic E-state index is 0.0202. The van der Waals surface area contributed by atoms with E-state index in [1.807, 2.05) is 0 Å². The summed E-state index contributed by atoms with van der Waals surface area (Å²) in [6.07, 6.45) is 14.3. The molecule has 3 heteroatoms. The number of rotatable bonds is 6. The number of hydrogen-bond donors (Lipinski definition) is 0. The van der Waals surface area contributed by atoms with Gasteiger partial charge in [-0.1, -0.05) is 32.6 Å². The van der Waals surface area contributed by atoms with E-state index in [1.54, 1.807) is 0 Å². The predicted octanol–water partition coefficient (Wildman–Crippen LogP) is 3.37. The van der Waals surface area contributed by atoms with E-state index < -0.39 is 0 Å². The molecule has 0 heterocycles. The Bertz CT molecular complexity index is 275. The first-order valence-corrected chi connectivity index (χ1v) is 9.05. The Morgan fingerprint density at radius 2 is 1.58 bits per heavy atom. The molecule has 0 unspecified atom stereocenters. The maximum Gasteiger partial charge on any atom is 0.291 e. The molecule has 0 aromatic carbocycles. The van der Waals surface area contributed by atoms with Gasteiger partial charge in [-0.05, 0) is 55.8 Å². The molecule has 0 aromatic rings. The summed E-state index contributed by atoms with van der Waals surface area (Å²) < 4.78 is 4.92. The van der Waals surface area contributed by atoms with Gasteiger partial charge in [0.05, 0.1) is 0 Å². The highest BCUT2D eigenvalue weighted by Crippen LogP contribution is 2.52. The zero-order valence-corrected chi connectivity index (χ0v) is 14.7. The van der Waals surface area contributed by atoms with Crippen LogP contribution in [0.15, 0.2) is 0 Å². The molecule has 0 spiro atoms. The van der Waals surface area contributed by atoms with Crippen LogP contribution in [0, 0.1) is 17.3 Å². The quantitative estimate of drug-likeness (QED) is 0.698. The molecule has 110 valence electrons. The molecular formula is C16H30O2Si. The molecule has 0 N–H and O–H groups in total. The first kappa shape index (κ1) is 15.1. The fraction of sp³-hybridized carbons (Fsp3) is 0.938. The van der Waals surface area contributed by atoms with Crippen molar-refractivity contribution in [3.8, 4) is 0 Å². The van der Waals surface area contributed by atoms with Crippen molar-refractivity contribution in [3.05, 3.63) is 0 Å². The molecule has 2 aliphatic carbocycles. The normalized spacial score (nSPS) is 22.2. The monoisotopic (exact) mass is 282 g/mol. The van der Waals surface area contributed by atoms with Crippen LogP contribution in [0.1, 0.15) is 77.6 Å². The fourth-order valence-electron chi connectivity index (χ4n) is 4.63. The van der Waals surface area contributed by atoms with Crippen molar-refractivity contribution in [2.24, 2.45) is 17.3 Å². The van der Waals surface area contributed by atoms with E-state index in [-0.39, 0.29) is 5.97 Å². The number of hydrogen-bond acceptors (Lipinski definition) is 2. The Kier molecular flexibility index (Phi) is 5.49. The van der Waals surface area contributed by atoms with Crippen LogP contribution in [0.25, 0.3) is 0 Å². The van der Waals surface area contributed by atoms with Crippen molar-refractivity contribution in [2.75, 3.05) is 0 Å². The molecule has 0 bridgehead atoms. The summed E-state index contributed by atoms with van der Waals surface area (Å²) in [7, 11) is 0.545. The summed E-state index contributed by atoms with van der Waals surface area (Å²) in [6.45, 7) is 2.53. The van der Waals surface area contributed by atoms with Crippen molar-refractivity contribution < 1.29 is 9.22 Å². The van der Waals surface area contributed by atoms with Gasteiger partial charge in [0.1, 0.15) is 0 Å². The lowest BCUT2D eigenvalue weighted by atomic mass is 9.64. The van der Waals surface area contributed by atoms with Gasteiger partial charge in [0, 0.05) is 6.42 Å². The molecular weight excluding hydrogens is 252 g/mol. The van der Waals surface area contributed by atoms with E-state index in [0.29, 0.717) is 22.3 Å². The van der Waals surface area contributed by atoms with E-state index in [1.165, 1.54) is 57.8 Å². The lowest BCUT2D eigenvalue weighted by Crippen LogP contribution is -2.33. The molecule has 2 rings (SSSR count). The Morgan fingerprint density at radius 1 is 1.11 bits per heavy atom. The average Bonchev–Trinajstić information content (AvgIpc) is 3.11. The Balaban J connectivity index is 1.94. The Hall–Kier alpha value is -0.313. The Morgan fingerprint density at radius 3 is 2.00 bits per heavy atom. The van der Waals surface area contributed by atoms with Crippen LogP contribution >= 0.6 is 0 Å². The first-order valence-electron chi connectivity index (χ1n) is 8.23. The maximum absolute atomic E-state index is 11.4. The standard InChI is InChI=1S/C16H30O2Si/c1-16(13-7-2-3-8-13,14-9-4-5-10-14)12-6-11-15(17)18-19/h13-14H,2-12H2,1,19H3. The molecule has 2 fully saturated rings. The molecule has 0 atom stereocenters. The van der Waals surface area contributed by atoms with E-state index in [4.69, 9.17) is 4.43 Å². The summed E-state index contributed by atoms with van der Waals surface area (Å²) in [5.41, 5.74) is 0.498.